The Labute approximate surface area is 85.2 Å². The molecule has 3 nitrogen and oxygen atoms in total. The molecular formula is C11H19NO2. The summed E-state index contributed by atoms with van der Waals surface area (Å²) in [5.41, 5.74) is 0. The van der Waals surface area contributed by atoms with E-state index >= 15 is 0 Å². The number of carbonyl (C=O) groups is 1. The minimum absolute atomic E-state index is 0.0251. The molecule has 1 saturated carbocycles. The van der Waals surface area contributed by atoms with E-state index in [9.17, 15) is 4.79 Å². The Balaban J connectivity index is 1.91. The van der Waals surface area contributed by atoms with Crippen molar-refractivity contribution in [3.05, 3.63) is 0 Å². The number of hydrogen-bond donors (Lipinski definition) is 1. The number of nitrogens with one attached hydrogen (secondary N) is 1. The second-order valence-electron chi connectivity index (χ2n) is 4.56. The fourth-order valence-corrected chi connectivity index (χ4v) is 2.40. The lowest BCUT2D eigenvalue weighted by molar-refractivity contribution is -0.148. The van der Waals surface area contributed by atoms with Gasteiger partial charge < -0.3 is 10.1 Å². The van der Waals surface area contributed by atoms with Gasteiger partial charge in [-0.2, -0.15) is 0 Å². The zero-order valence-electron chi connectivity index (χ0n) is 8.79. The third kappa shape index (κ3) is 2.27. The Morgan fingerprint density at radius 1 is 1.43 bits per heavy atom. The lowest BCUT2D eigenvalue weighted by atomic mass is 9.82. The van der Waals surface area contributed by atoms with E-state index in [1.54, 1.807) is 0 Å². The van der Waals surface area contributed by atoms with Gasteiger partial charge in [-0.05, 0) is 31.2 Å². The third-order valence-corrected chi connectivity index (χ3v) is 3.46. The molecular weight excluding hydrogens is 178 g/mol. The summed E-state index contributed by atoms with van der Waals surface area (Å²) in [5, 5.41) is 3.27. The van der Waals surface area contributed by atoms with E-state index in [-0.39, 0.29) is 11.9 Å². The number of methoxy groups -OCH3 is 1. The van der Waals surface area contributed by atoms with Crippen molar-refractivity contribution in [3.63, 3.8) is 0 Å². The maximum atomic E-state index is 11.5. The summed E-state index contributed by atoms with van der Waals surface area (Å²) in [6.07, 6.45) is 5.12. The second-order valence-corrected chi connectivity index (χ2v) is 4.56. The van der Waals surface area contributed by atoms with Crippen LogP contribution in [0.1, 0.15) is 25.7 Å². The molecule has 0 aromatic heterocycles. The van der Waals surface area contributed by atoms with Crippen LogP contribution in [0.25, 0.3) is 0 Å². The van der Waals surface area contributed by atoms with E-state index in [0.717, 1.165) is 25.4 Å². The minimum atomic E-state index is -0.0251. The van der Waals surface area contributed by atoms with Crippen molar-refractivity contribution in [2.45, 2.75) is 25.7 Å². The van der Waals surface area contributed by atoms with E-state index in [1.165, 1.54) is 26.4 Å². The van der Waals surface area contributed by atoms with Gasteiger partial charge >= 0.3 is 5.97 Å². The molecule has 2 rings (SSSR count). The van der Waals surface area contributed by atoms with Gasteiger partial charge in [-0.1, -0.05) is 12.8 Å². The summed E-state index contributed by atoms with van der Waals surface area (Å²) >= 11 is 0. The smallest absolute Gasteiger partial charge is 0.310 e. The largest absolute Gasteiger partial charge is 0.469 e. The first kappa shape index (κ1) is 9.97. The van der Waals surface area contributed by atoms with Gasteiger partial charge in [0.05, 0.1) is 13.0 Å². The third-order valence-electron chi connectivity index (χ3n) is 3.46. The predicted molar refractivity (Wildman–Crippen MR) is 53.8 cm³/mol. The van der Waals surface area contributed by atoms with Crippen LogP contribution in [0.4, 0.5) is 0 Å². The van der Waals surface area contributed by atoms with Crippen molar-refractivity contribution < 1.29 is 9.53 Å². The molecule has 3 heteroatoms. The summed E-state index contributed by atoms with van der Waals surface area (Å²) in [6, 6.07) is 0. The van der Waals surface area contributed by atoms with E-state index in [4.69, 9.17) is 4.74 Å². The first-order valence-electron chi connectivity index (χ1n) is 5.60. The topological polar surface area (TPSA) is 38.3 Å². The Kier molecular flexibility index (Phi) is 3.06. The average molecular weight is 197 g/mol. The number of carbonyl (C=O) groups excluding carboxylic acids is 1. The summed E-state index contributed by atoms with van der Waals surface area (Å²) < 4.78 is 4.84. The molecule has 0 aromatic rings. The SMILES string of the molecule is COC(=O)[C@H]1CNCC[C@@H]1CC1CC1. The predicted octanol–water partition coefficient (Wildman–Crippen LogP) is 1.19. The van der Waals surface area contributed by atoms with E-state index in [1.807, 2.05) is 0 Å². The van der Waals surface area contributed by atoms with Gasteiger partial charge in [0, 0.05) is 6.54 Å². The zero-order valence-corrected chi connectivity index (χ0v) is 8.79. The molecule has 0 unspecified atom stereocenters. The molecule has 0 amide bonds. The van der Waals surface area contributed by atoms with Crippen molar-refractivity contribution in [2.24, 2.45) is 17.8 Å². The second kappa shape index (κ2) is 4.30. The molecule has 0 radical (unpaired) electrons. The standard InChI is InChI=1S/C11H19NO2/c1-14-11(13)10-7-12-5-4-9(10)6-8-2-3-8/h8-10,12H,2-7H2,1H3/t9-,10+/m1/s1. The number of ether oxygens (including phenoxy) is 1. The van der Waals surface area contributed by atoms with Crippen LogP contribution in [0.15, 0.2) is 0 Å². The zero-order chi connectivity index (χ0) is 9.97. The number of esters is 1. The van der Waals surface area contributed by atoms with Crippen LogP contribution in [0.3, 0.4) is 0 Å². The molecule has 2 aliphatic rings. The Morgan fingerprint density at radius 3 is 2.86 bits per heavy atom. The fourth-order valence-electron chi connectivity index (χ4n) is 2.40. The van der Waals surface area contributed by atoms with Crippen LogP contribution in [0, 0.1) is 17.8 Å². The van der Waals surface area contributed by atoms with Gasteiger partial charge in [0.2, 0.25) is 0 Å². The van der Waals surface area contributed by atoms with Gasteiger partial charge in [0.1, 0.15) is 0 Å². The molecule has 0 spiro atoms. The van der Waals surface area contributed by atoms with Crippen molar-refractivity contribution >= 4 is 5.97 Å². The maximum Gasteiger partial charge on any atom is 0.310 e. The van der Waals surface area contributed by atoms with Crippen LogP contribution < -0.4 is 5.32 Å². The van der Waals surface area contributed by atoms with Crippen molar-refractivity contribution in [1.82, 2.24) is 5.32 Å². The number of rotatable bonds is 3. The van der Waals surface area contributed by atoms with Crippen molar-refractivity contribution in [1.29, 1.82) is 0 Å². The molecule has 2 fully saturated rings. The molecule has 0 aromatic carbocycles. The highest BCUT2D eigenvalue weighted by atomic mass is 16.5. The van der Waals surface area contributed by atoms with Gasteiger partial charge in [-0.25, -0.2) is 0 Å². The average Bonchev–Trinajstić information content (AvgIpc) is 3.01. The quantitative estimate of drug-likeness (QED) is 0.691. The molecule has 2 atom stereocenters. The highest BCUT2D eigenvalue weighted by molar-refractivity contribution is 5.73. The summed E-state index contributed by atoms with van der Waals surface area (Å²) in [5.74, 6) is 1.55. The van der Waals surface area contributed by atoms with Crippen LogP contribution in [0.5, 0.6) is 0 Å². The maximum absolute atomic E-state index is 11.5. The normalized spacial score (nSPS) is 32.6. The molecule has 1 N–H and O–H groups in total. The Bertz CT molecular complexity index is 213. The minimum Gasteiger partial charge on any atom is -0.469 e. The Morgan fingerprint density at radius 2 is 2.21 bits per heavy atom. The molecule has 1 heterocycles. The highest BCUT2D eigenvalue weighted by Gasteiger charge is 2.35. The fraction of sp³-hybridized carbons (Fsp3) is 0.909. The van der Waals surface area contributed by atoms with Gasteiger partial charge in [-0.15, -0.1) is 0 Å². The molecule has 1 aliphatic carbocycles. The molecule has 1 saturated heterocycles. The molecule has 1 aliphatic heterocycles. The highest BCUT2D eigenvalue weighted by Crippen LogP contribution is 2.39. The number of hydrogen-bond acceptors (Lipinski definition) is 3. The summed E-state index contributed by atoms with van der Waals surface area (Å²) in [4.78, 5) is 11.5. The lowest BCUT2D eigenvalue weighted by Gasteiger charge is -2.30. The van der Waals surface area contributed by atoms with Crippen LogP contribution in [-0.4, -0.2) is 26.2 Å². The number of piperidine rings is 1. The van der Waals surface area contributed by atoms with E-state index in [0.29, 0.717) is 5.92 Å². The lowest BCUT2D eigenvalue weighted by Crippen LogP contribution is -2.41. The van der Waals surface area contributed by atoms with Crippen molar-refractivity contribution in [3.8, 4) is 0 Å². The van der Waals surface area contributed by atoms with E-state index in [2.05, 4.69) is 5.32 Å². The van der Waals surface area contributed by atoms with Gasteiger partial charge in [0.15, 0.2) is 0 Å². The van der Waals surface area contributed by atoms with E-state index < -0.39 is 0 Å². The molecule has 14 heavy (non-hydrogen) atoms. The molecule has 80 valence electrons. The van der Waals surface area contributed by atoms with Gasteiger partial charge in [-0.3, -0.25) is 4.79 Å². The summed E-state index contributed by atoms with van der Waals surface area (Å²) in [6.45, 7) is 1.87. The monoisotopic (exact) mass is 197 g/mol. The first-order chi connectivity index (χ1) is 6.81. The van der Waals surface area contributed by atoms with Crippen LogP contribution in [0.2, 0.25) is 0 Å². The summed E-state index contributed by atoms with van der Waals surface area (Å²) in [7, 11) is 1.49. The molecule has 0 bridgehead atoms. The van der Waals surface area contributed by atoms with Gasteiger partial charge in [0.25, 0.3) is 0 Å². The van der Waals surface area contributed by atoms with Crippen LogP contribution in [-0.2, 0) is 9.53 Å². The Hall–Kier alpha value is -0.570. The van der Waals surface area contributed by atoms with Crippen molar-refractivity contribution in [2.75, 3.05) is 20.2 Å². The van der Waals surface area contributed by atoms with Crippen LogP contribution >= 0.6 is 0 Å². The first-order valence-corrected chi connectivity index (χ1v) is 5.60.